The van der Waals surface area contributed by atoms with E-state index in [1.54, 1.807) is 4.57 Å². The predicted molar refractivity (Wildman–Crippen MR) is 100 cm³/mol. The molecule has 130 valence electrons. The van der Waals surface area contributed by atoms with E-state index >= 15 is 0 Å². The maximum Gasteiger partial charge on any atom is 0.266 e. The number of para-hydroxylation sites is 1. The van der Waals surface area contributed by atoms with E-state index in [0.717, 1.165) is 17.8 Å². The van der Waals surface area contributed by atoms with Crippen LogP contribution in [0, 0.1) is 6.92 Å². The Morgan fingerprint density at radius 2 is 1.80 bits per heavy atom. The molecular formula is C20H23N3O2. The summed E-state index contributed by atoms with van der Waals surface area (Å²) in [7, 11) is 4.00. The van der Waals surface area contributed by atoms with Crippen LogP contribution < -0.4 is 5.56 Å². The first kappa shape index (κ1) is 17.3. The Labute approximate surface area is 147 Å². The molecule has 0 aliphatic carbocycles. The first-order valence-corrected chi connectivity index (χ1v) is 8.36. The molecule has 1 aromatic heterocycles. The molecule has 0 amide bonds. The fraction of sp³-hybridized carbons (Fsp3) is 0.300. The maximum atomic E-state index is 13.0. The molecular weight excluding hydrogens is 314 g/mol. The lowest BCUT2D eigenvalue weighted by Gasteiger charge is -2.15. The van der Waals surface area contributed by atoms with Crippen LogP contribution in [-0.2, 0) is 11.3 Å². The number of aromatic nitrogens is 2. The van der Waals surface area contributed by atoms with Gasteiger partial charge < -0.3 is 9.64 Å². The number of likely N-dealkylation sites (N-methyl/N-ethyl adjacent to an activating group) is 1. The van der Waals surface area contributed by atoms with E-state index < -0.39 is 0 Å². The highest BCUT2D eigenvalue weighted by Crippen LogP contribution is 2.14. The Morgan fingerprint density at radius 3 is 2.52 bits per heavy atom. The zero-order chi connectivity index (χ0) is 17.8. The van der Waals surface area contributed by atoms with Crippen LogP contribution in [0.25, 0.3) is 16.6 Å². The van der Waals surface area contributed by atoms with Gasteiger partial charge in [0.25, 0.3) is 5.56 Å². The summed E-state index contributed by atoms with van der Waals surface area (Å²) in [6.45, 7) is 3.73. The first-order valence-electron chi connectivity index (χ1n) is 8.36. The van der Waals surface area contributed by atoms with E-state index in [-0.39, 0.29) is 5.56 Å². The average molecular weight is 337 g/mol. The van der Waals surface area contributed by atoms with Gasteiger partial charge in [0.2, 0.25) is 0 Å². The molecule has 2 aromatic carbocycles. The molecule has 0 N–H and O–H groups in total. The van der Waals surface area contributed by atoms with Gasteiger partial charge in [-0.3, -0.25) is 9.36 Å². The molecule has 3 aromatic rings. The van der Waals surface area contributed by atoms with Crippen LogP contribution in [0.15, 0.2) is 53.3 Å². The Hall–Kier alpha value is -2.50. The van der Waals surface area contributed by atoms with Crippen LogP contribution in [0.5, 0.6) is 0 Å². The summed E-state index contributed by atoms with van der Waals surface area (Å²) < 4.78 is 7.41. The van der Waals surface area contributed by atoms with Crippen molar-refractivity contribution in [2.45, 2.75) is 13.5 Å². The molecule has 0 aliphatic rings. The minimum absolute atomic E-state index is 0.0688. The number of hydrogen-bond donors (Lipinski definition) is 0. The van der Waals surface area contributed by atoms with Crippen molar-refractivity contribution < 1.29 is 4.74 Å². The molecule has 0 saturated carbocycles. The van der Waals surface area contributed by atoms with Gasteiger partial charge >= 0.3 is 0 Å². The van der Waals surface area contributed by atoms with Crippen molar-refractivity contribution in [1.29, 1.82) is 0 Å². The standard InChI is InChI=1S/C20H23N3O2/c1-15-8-10-16(11-9-15)23-19(14-25-13-12-22(2)3)21-18-7-5-4-6-17(18)20(23)24/h4-11H,12-14H2,1-3H3. The van der Waals surface area contributed by atoms with Crippen molar-refractivity contribution in [1.82, 2.24) is 14.5 Å². The Morgan fingerprint density at radius 1 is 1.08 bits per heavy atom. The van der Waals surface area contributed by atoms with Crippen molar-refractivity contribution >= 4 is 10.9 Å². The third kappa shape index (κ3) is 3.95. The monoisotopic (exact) mass is 337 g/mol. The van der Waals surface area contributed by atoms with Crippen LogP contribution in [0.4, 0.5) is 0 Å². The number of ether oxygens (including phenoxy) is 1. The third-order valence-electron chi connectivity index (χ3n) is 4.05. The summed E-state index contributed by atoms with van der Waals surface area (Å²) in [6, 6.07) is 15.3. The Balaban J connectivity index is 2.04. The van der Waals surface area contributed by atoms with E-state index in [2.05, 4.69) is 9.88 Å². The van der Waals surface area contributed by atoms with Crippen molar-refractivity contribution in [2.24, 2.45) is 0 Å². The van der Waals surface area contributed by atoms with Gasteiger partial charge in [-0.15, -0.1) is 0 Å². The number of hydrogen-bond acceptors (Lipinski definition) is 4. The number of benzene rings is 2. The van der Waals surface area contributed by atoms with Gasteiger partial charge in [-0.05, 0) is 45.3 Å². The van der Waals surface area contributed by atoms with Crippen LogP contribution in [0.2, 0.25) is 0 Å². The third-order valence-corrected chi connectivity index (χ3v) is 4.05. The zero-order valence-corrected chi connectivity index (χ0v) is 14.9. The van der Waals surface area contributed by atoms with E-state index in [1.165, 1.54) is 0 Å². The second-order valence-corrected chi connectivity index (χ2v) is 6.38. The van der Waals surface area contributed by atoms with Crippen molar-refractivity contribution in [3.8, 4) is 5.69 Å². The second kappa shape index (κ2) is 7.59. The quantitative estimate of drug-likeness (QED) is 0.649. The predicted octanol–water partition coefficient (Wildman–Crippen LogP) is 2.77. The molecule has 0 aliphatic heterocycles. The molecule has 5 nitrogen and oxygen atoms in total. The van der Waals surface area contributed by atoms with Crippen LogP contribution in [0.3, 0.4) is 0 Å². The van der Waals surface area contributed by atoms with Gasteiger partial charge in [0.1, 0.15) is 12.4 Å². The van der Waals surface area contributed by atoms with Gasteiger partial charge in [-0.25, -0.2) is 4.98 Å². The molecule has 3 rings (SSSR count). The number of rotatable bonds is 6. The Kier molecular flexibility index (Phi) is 5.26. The van der Waals surface area contributed by atoms with Gasteiger partial charge in [-0.1, -0.05) is 29.8 Å². The molecule has 0 fully saturated rings. The smallest absolute Gasteiger partial charge is 0.266 e. The van der Waals surface area contributed by atoms with Crippen LogP contribution >= 0.6 is 0 Å². The highest BCUT2D eigenvalue weighted by Gasteiger charge is 2.12. The van der Waals surface area contributed by atoms with E-state index in [1.807, 2.05) is 69.6 Å². The molecule has 0 atom stereocenters. The number of aryl methyl sites for hydroxylation is 1. The fourth-order valence-electron chi connectivity index (χ4n) is 2.65. The van der Waals surface area contributed by atoms with Gasteiger partial charge in [0, 0.05) is 6.54 Å². The first-order chi connectivity index (χ1) is 12.1. The van der Waals surface area contributed by atoms with E-state index in [9.17, 15) is 4.79 Å². The minimum Gasteiger partial charge on any atom is -0.372 e. The largest absolute Gasteiger partial charge is 0.372 e. The molecule has 0 unspecified atom stereocenters. The topological polar surface area (TPSA) is 47.4 Å². The fourth-order valence-corrected chi connectivity index (χ4v) is 2.65. The summed E-state index contributed by atoms with van der Waals surface area (Å²) >= 11 is 0. The molecule has 5 heteroatoms. The lowest BCUT2D eigenvalue weighted by atomic mass is 10.2. The van der Waals surface area contributed by atoms with Gasteiger partial charge in [0.05, 0.1) is 23.2 Å². The molecule has 0 bridgehead atoms. The summed E-state index contributed by atoms with van der Waals surface area (Å²) in [4.78, 5) is 19.8. The SMILES string of the molecule is Cc1ccc(-n2c(COCCN(C)C)nc3ccccc3c2=O)cc1. The summed E-state index contributed by atoms with van der Waals surface area (Å²) in [5.41, 5.74) is 2.58. The normalized spacial score (nSPS) is 11.4. The molecule has 0 radical (unpaired) electrons. The maximum absolute atomic E-state index is 13.0. The lowest BCUT2D eigenvalue weighted by molar-refractivity contribution is 0.0992. The van der Waals surface area contributed by atoms with E-state index in [0.29, 0.717) is 29.9 Å². The van der Waals surface area contributed by atoms with E-state index in [4.69, 9.17) is 4.74 Å². The van der Waals surface area contributed by atoms with Crippen LogP contribution in [0.1, 0.15) is 11.4 Å². The molecule has 0 spiro atoms. The molecule has 1 heterocycles. The number of fused-ring (bicyclic) bond motifs is 1. The summed E-state index contributed by atoms with van der Waals surface area (Å²) in [5.74, 6) is 0.617. The lowest BCUT2D eigenvalue weighted by Crippen LogP contribution is -2.25. The highest BCUT2D eigenvalue weighted by molar-refractivity contribution is 5.77. The number of nitrogens with zero attached hydrogens (tertiary/aromatic N) is 3. The molecule has 25 heavy (non-hydrogen) atoms. The second-order valence-electron chi connectivity index (χ2n) is 6.38. The van der Waals surface area contributed by atoms with Crippen molar-refractivity contribution in [3.63, 3.8) is 0 Å². The van der Waals surface area contributed by atoms with Gasteiger partial charge in [0.15, 0.2) is 0 Å². The van der Waals surface area contributed by atoms with Crippen LogP contribution in [-0.4, -0.2) is 41.7 Å². The zero-order valence-electron chi connectivity index (χ0n) is 14.9. The Bertz CT molecular complexity index is 914. The van der Waals surface area contributed by atoms with Crippen molar-refractivity contribution in [2.75, 3.05) is 27.2 Å². The summed E-state index contributed by atoms with van der Waals surface area (Å²) in [6.07, 6.45) is 0. The van der Waals surface area contributed by atoms with Gasteiger partial charge in [-0.2, -0.15) is 0 Å². The highest BCUT2D eigenvalue weighted by atomic mass is 16.5. The average Bonchev–Trinajstić information content (AvgIpc) is 2.60. The van der Waals surface area contributed by atoms with Crippen molar-refractivity contribution in [3.05, 3.63) is 70.3 Å². The molecule has 0 saturated heterocycles. The minimum atomic E-state index is -0.0688. The summed E-state index contributed by atoms with van der Waals surface area (Å²) in [5, 5.41) is 0.611.